The number of amides is 2. The minimum Gasteiger partial charge on any atom is -0.454 e. The molecule has 126 valence electrons. The number of hydrogen-bond acceptors (Lipinski definition) is 3. The lowest BCUT2D eigenvalue weighted by Crippen LogP contribution is -2.34. The largest absolute Gasteiger partial charge is 0.454 e. The van der Waals surface area contributed by atoms with E-state index >= 15 is 0 Å². The summed E-state index contributed by atoms with van der Waals surface area (Å²) in [4.78, 5) is 14.2. The second-order valence-electron chi connectivity index (χ2n) is 5.56. The topological polar surface area (TPSA) is 50.8 Å². The van der Waals surface area contributed by atoms with E-state index in [1.165, 1.54) is 0 Å². The van der Waals surface area contributed by atoms with Crippen LogP contribution in [0.25, 0.3) is 0 Å². The third-order valence-corrected chi connectivity index (χ3v) is 4.34. The third-order valence-electron chi connectivity index (χ3n) is 3.93. The Morgan fingerprint density at radius 3 is 2.88 bits per heavy atom. The summed E-state index contributed by atoms with van der Waals surface area (Å²) in [5, 5.41) is 3.51. The number of urea groups is 1. The highest BCUT2D eigenvalue weighted by Gasteiger charge is 2.20. The average molecular weight is 347 g/mol. The number of aryl methyl sites for hydroxylation is 1. The predicted molar refractivity (Wildman–Crippen MR) is 93.9 cm³/mol. The van der Waals surface area contributed by atoms with Crippen molar-refractivity contribution < 1.29 is 14.3 Å². The summed E-state index contributed by atoms with van der Waals surface area (Å²) in [5.74, 6) is 1.43. The Kier molecular flexibility index (Phi) is 4.81. The van der Waals surface area contributed by atoms with E-state index in [-0.39, 0.29) is 12.8 Å². The summed E-state index contributed by atoms with van der Waals surface area (Å²) < 4.78 is 10.9. The van der Waals surface area contributed by atoms with Crippen molar-refractivity contribution in [3.05, 3.63) is 52.5 Å². The van der Waals surface area contributed by atoms with Crippen LogP contribution in [-0.2, 0) is 6.54 Å². The molecular weight excluding hydrogens is 328 g/mol. The molecule has 6 heteroatoms. The maximum atomic E-state index is 12.5. The van der Waals surface area contributed by atoms with Crippen molar-refractivity contribution in [2.24, 2.45) is 0 Å². The Morgan fingerprint density at radius 1 is 1.29 bits per heavy atom. The fourth-order valence-corrected chi connectivity index (χ4v) is 2.70. The number of nitrogens with zero attached hydrogens (tertiary/aromatic N) is 1. The molecule has 0 spiro atoms. The molecule has 3 rings (SSSR count). The van der Waals surface area contributed by atoms with E-state index < -0.39 is 0 Å². The Balaban J connectivity index is 1.73. The van der Waals surface area contributed by atoms with Gasteiger partial charge in [-0.3, -0.25) is 0 Å². The van der Waals surface area contributed by atoms with Crippen LogP contribution in [0.5, 0.6) is 11.5 Å². The van der Waals surface area contributed by atoms with Gasteiger partial charge in [0.2, 0.25) is 6.79 Å². The summed E-state index contributed by atoms with van der Waals surface area (Å²) in [6.07, 6.45) is 0. The third kappa shape index (κ3) is 3.41. The summed E-state index contributed by atoms with van der Waals surface area (Å²) >= 11 is 6.11. The average Bonchev–Trinajstić information content (AvgIpc) is 3.05. The van der Waals surface area contributed by atoms with E-state index in [0.29, 0.717) is 35.3 Å². The Hall–Kier alpha value is -2.40. The molecule has 1 aliphatic heterocycles. The maximum Gasteiger partial charge on any atom is 0.322 e. The van der Waals surface area contributed by atoms with Crippen LogP contribution in [0.1, 0.15) is 18.1 Å². The molecule has 0 aliphatic carbocycles. The lowest BCUT2D eigenvalue weighted by Gasteiger charge is -2.22. The molecule has 0 aromatic heterocycles. The number of carbonyl (C=O) groups excluding carboxylic acids is 1. The van der Waals surface area contributed by atoms with Gasteiger partial charge in [0.25, 0.3) is 0 Å². The van der Waals surface area contributed by atoms with Crippen molar-refractivity contribution in [3.63, 3.8) is 0 Å². The lowest BCUT2D eigenvalue weighted by molar-refractivity contribution is 0.172. The predicted octanol–water partition coefficient (Wildman–Crippen LogP) is 4.43. The van der Waals surface area contributed by atoms with Gasteiger partial charge in [0.1, 0.15) is 0 Å². The molecule has 1 heterocycles. The molecule has 0 radical (unpaired) electrons. The van der Waals surface area contributed by atoms with Gasteiger partial charge in [0.15, 0.2) is 11.5 Å². The smallest absolute Gasteiger partial charge is 0.322 e. The fraction of sp³-hybridized carbons (Fsp3) is 0.278. The van der Waals surface area contributed by atoms with Crippen LogP contribution in [0.3, 0.4) is 0 Å². The monoisotopic (exact) mass is 346 g/mol. The van der Waals surface area contributed by atoms with E-state index in [1.807, 2.05) is 44.2 Å². The normalized spacial score (nSPS) is 12.1. The quantitative estimate of drug-likeness (QED) is 0.890. The fourth-order valence-electron chi connectivity index (χ4n) is 2.52. The molecule has 2 aromatic rings. The number of ether oxygens (including phenoxy) is 2. The number of rotatable bonds is 4. The van der Waals surface area contributed by atoms with Crippen LogP contribution in [0.15, 0.2) is 36.4 Å². The second kappa shape index (κ2) is 7.01. The zero-order valence-electron chi connectivity index (χ0n) is 13.6. The summed E-state index contributed by atoms with van der Waals surface area (Å²) in [6, 6.07) is 11.0. The number of carbonyl (C=O) groups is 1. The number of anilines is 1. The molecule has 0 fully saturated rings. The molecule has 1 N–H and O–H groups in total. The van der Waals surface area contributed by atoms with Gasteiger partial charge in [-0.15, -0.1) is 0 Å². The molecule has 0 atom stereocenters. The lowest BCUT2D eigenvalue weighted by atomic mass is 10.1. The standard InChI is InChI=1S/C18H19ClN2O3/c1-3-21(10-13-5-4-6-16-17(13)24-11-23-16)18(22)20-14-8-7-12(2)15(19)9-14/h4-9H,3,10-11H2,1-2H3,(H,20,22). The van der Waals surface area contributed by atoms with Gasteiger partial charge >= 0.3 is 6.03 Å². The molecule has 0 unspecified atom stereocenters. The van der Waals surface area contributed by atoms with Crippen LogP contribution in [0, 0.1) is 6.92 Å². The van der Waals surface area contributed by atoms with Crippen molar-refractivity contribution in [3.8, 4) is 11.5 Å². The highest BCUT2D eigenvalue weighted by atomic mass is 35.5. The van der Waals surface area contributed by atoms with Crippen molar-refractivity contribution >= 4 is 23.3 Å². The van der Waals surface area contributed by atoms with Gasteiger partial charge in [-0.05, 0) is 37.6 Å². The number of para-hydroxylation sites is 1. The first-order chi connectivity index (χ1) is 11.6. The second-order valence-corrected chi connectivity index (χ2v) is 5.97. The summed E-state index contributed by atoms with van der Waals surface area (Å²) in [7, 11) is 0. The molecule has 0 saturated heterocycles. The minimum atomic E-state index is -0.186. The van der Waals surface area contributed by atoms with Crippen LogP contribution < -0.4 is 14.8 Å². The van der Waals surface area contributed by atoms with Crippen LogP contribution in [0.2, 0.25) is 5.02 Å². The van der Waals surface area contributed by atoms with E-state index in [2.05, 4.69) is 5.32 Å². The molecule has 1 aliphatic rings. The van der Waals surface area contributed by atoms with Gasteiger partial charge in [0, 0.05) is 22.8 Å². The van der Waals surface area contributed by atoms with Gasteiger partial charge in [0.05, 0.1) is 6.54 Å². The number of fused-ring (bicyclic) bond motifs is 1. The van der Waals surface area contributed by atoms with Crippen LogP contribution in [0.4, 0.5) is 10.5 Å². The minimum absolute atomic E-state index is 0.186. The molecule has 2 aromatic carbocycles. The molecule has 2 amide bonds. The van der Waals surface area contributed by atoms with Gasteiger partial charge < -0.3 is 19.7 Å². The number of nitrogens with one attached hydrogen (secondary N) is 1. The van der Waals surface area contributed by atoms with Gasteiger partial charge in [-0.2, -0.15) is 0 Å². The SMILES string of the molecule is CCN(Cc1cccc2c1OCO2)C(=O)Nc1ccc(C)c(Cl)c1. The van der Waals surface area contributed by atoms with Crippen LogP contribution >= 0.6 is 11.6 Å². The highest BCUT2D eigenvalue weighted by Crippen LogP contribution is 2.36. The van der Waals surface area contributed by atoms with E-state index in [0.717, 1.165) is 11.1 Å². The Bertz CT molecular complexity index is 764. The summed E-state index contributed by atoms with van der Waals surface area (Å²) in [5.41, 5.74) is 2.56. The number of halogens is 1. The maximum absolute atomic E-state index is 12.5. The zero-order valence-corrected chi connectivity index (χ0v) is 14.4. The first-order valence-electron chi connectivity index (χ1n) is 7.78. The Morgan fingerprint density at radius 2 is 2.12 bits per heavy atom. The van der Waals surface area contributed by atoms with Crippen molar-refractivity contribution in [1.82, 2.24) is 4.90 Å². The van der Waals surface area contributed by atoms with Gasteiger partial charge in [-0.25, -0.2) is 4.79 Å². The van der Waals surface area contributed by atoms with Gasteiger partial charge in [-0.1, -0.05) is 29.8 Å². The summed E-state index contributed by atoms with van der Waals surface area (Å²) in [6.45, 7) is 5.07. The molecule has 5 nitrogen and oxygen atoms in total. The molecular formula is C18H19ClN2O3. The molecule has 0 bridgehead atoms. The van der Waals surface area contributed by atoms with E-state index in [4.69, 9.17) is 21.1 Å². The van der Waals surface area contributed by atoms with Crippen LogP contribution in [-0.4, -0.2) is 24.3 Å². The molecule has 24 heavy (non-hydrogen) atoms. The zero-order chi connectivity index (χ0) is 17.1. The van der Waals surface area contributed by atoms with E-state index in [9.17, 15) is 4.79 Å². The number of benzene rings is 2. The Labute approximate surface area is 146 Å². The van der Waals surface area contributed by atoms with Crippen molar-refractivity contribution in [2.45, 2.75) is 20.4 Å². The highest BCUT2D eigenvalue weighted by molar-refractivity contribution is 6.31. The molecule has 0 saturated carbocycles. The van der Waals surface area contributed by atoms with Crippen molar-refractivity contribution in [2.75, 3.05) is 18.7 Å². The van der Waals surface area contributed by atoms with E-state index in [1.54, 1.807) is 11.0 Å². The first kappa shape index (κ1) is 16.5. The van der Waals surface area contributed by atoms with Crippen molar-refractivity contribution in [1.29, 1.82) is 0 Å². The first-order valence-corrected chi connectivity index (χ1v) is 8.16. The number of hydrogen-bond donors (Lipinski definition) is 1.